The number of amides is 1. The molecule has 2 N–H and O–H groups in total. The molecule has 1 atom stereocenters. The molecule has 1 aliphatic heterocycles. The SMILES string of the molecule is CC1Oc2c(NC=C(C#N)c3nn[nH]n3)cccc2N(C)C1=O. The van der Waals surface area contributed by atoms with Crippen LogP contribution in [0.4, 0.5) is 11.4 Å². The number of tetrazole rings is 1. The first-order chi connectivity index (χ1) is 11.1. The lowest BCUT2D eigenvalue weighted by molar-refractivity contribution is -0.125. The number of carbonyl (C=O) groups is 1. The smallest absolute Gasteiger partial charge is 0.267 e. The third-order valence-corrected chi connectivity index (χ3v) is 3.41. The molecule has 1 amide bonds. The van der Waals surface area contributed by atoms with Gasteiger partial charge < -0.3 is 15.0 Å². The second-order valence-corrected chi connectivity index (χ2v) is 4.86. The minimum Gasteiger partial charge on any atom is -0.476 e. The molecule has 0 saturated heterocycles. The number of H-pyrrole nitrogens is 1. The minimum atomic E-state index is -0.577. The summed E-state index contributed by atoms with van der Waals surface area (Å²) in [6.45, 7) is 1.69. The van der Waals surface area contributed by atoms with Gasteiger partial charge in [-0.15, -0.1) is 10.2 Å². The zero-order valence-corrected chi connectivity index (χ0v) is 12.4. The zero-order valence-electron chi connectivity index (χ0n) is 12.4. The number of benzene rings is 1. The van der Waals surface area contributed by atoms with Crippen molar-refractivity contribution in [2.24, 2.45) is 0 Å². The summed E-state index contributed by atoms with van der Waals surface area (Å²) in [6.07, 6.45) is 0.886. The molecule has 0 radical (unpaired) electrons. The van der Waals surface area contributed by atoms with E-state index < -0.39 is 6.10 Å². The van der Waals surface area contributed by atoms with Gasteiger partial charge in [0.25, 0.3) is 5.91 Å². The van der Waals surface area contributed by atoms with Gasteiger partial charge in [-0.25, -0.2) is 0 Å². The van der Waals surface area contributed by atoms with E-state index in [2.05, 4.69) is 25.9 Å². The topological polar surface area (TPSA) is 120 Å². The Hall–Kier alpha value is -3.41. The molecule has 0 spiro atoms. The second-order valence-electron chi connectivity index (χ2n) is 4.86. The number of anilines is 2. The Morgan fingerprint density at radius 3 is 3.09 bits per heavy atom. The van der Waals surface area contributed by atoms with Crippen LogP contribution in [0.25, 0.3) is 5.57 Å². The molecule has 9 heteroatoms. The Kier molecular flexibility index (Phi) is 3.64. The van der Waals surface area contributed by atoms with Crippen LogP contribution in [0, 0.1) is 11.3 Å². The molecule has 0 aliphatic carbocycles. The Bertz CT molecular complexity index is 807. The number of rotatable bonds is 3. The molecule has 1 aromatic heterocycles. The number of aromatic amines is 1. The molecule has 0 bridgehead atoms. The molecule has 9 nitrogen and oxygen atoms in total. The predicted octanol–water partition coefficient (Wildman–Crippen LogP) is 0.920. The van der Waals surface area contributed by atoms with Crippen LogP contribution < -0.4 is 15.0 Å². The molecule has 2 heterocycles. The summed E-state index contributed by atoms with van der Waals surface area (Å²) in [5.41, 5.74) is 1.50. The average Bonchev–Trinajstić information content (AvgIpc) is 3.08. The van der Waals surface area contributed by atoms with E-state index >= 15 is 0 Å². The summed E-state index contributed by atoms with van der Waals surface area (Å²) in [5, 5.41) is 25.4. The van der Waals surface area contributed by atoms with Gasteiger partial charge in [-0.05, 0) is 24.3 Å². The van der Waals surface area contributed by atoms with Crippen molar-refractivity contribution in [1.82, 2.24) is 20.6 Å². The molecule has 2 aromatic rings. The van der Waals surface area contributed by atoms with E-state index in [1.807, 2.05) is 6.07 Å². The van der Waals surface area contributed by atoms with Crippen LogP contribution in [0.15, 0.2) is 24.4 Å². The number of nitriles is 1. The van der Waals surface area contributed by atoms with Gasteiger partial charge in [-0.2, -0.15) is 10.5 Å². The standard InChI is InChI=1S/C14H13N7O2/c1-8-14(22)21(2)11-5-3-4-10(12(11)23-8)16-7-9(6-15)13-17-19-20-18-13/h3-5,7-8,16H,1-2H3,(H,17,18,19,20). The molecule has 0 saturated carbocycles. The molecule has 116 valence electrons. The van der Waals surface area contributed by atoms with Gasteiger partial charge in [0.05, 0.1) is 11.4 Å². The van der Waals surface area contributed by atoms with Crippen molar-refractivity contribution < 1.29 is 9.53 Å². The summed E-state index contributed by atoms with van der Waals surface area (Å²) in [7, 11) is 1.69. The fourth-order valence-electron chi connectivity index (χ4n) is 2.22. The van der Waals surface area contributed by atoms with Crippen LogP contribution >= 0.6 is 0 Å². The van der Waals surface area contributed by atoms with Gasteiger partial charge in [0.1, 0.15) is 11.6 Å². The number of allylic oxidation sites excluding steroid dienone is 1. The van der Waals surface area contributed by atoms with Crippen molar-refractivity contribution in [1.29, 1.82) is 5.26 Å². The Morgan fingerprint density at radius 2 is 2.39 bits per heavy atom. The summed E-state index contributed by atoms with van der Waals surface area (Å²) in [5.74, 6) is 0.616. The second kappa shape index (κ2) is 5.76. The summed E-state index contributed by atoms with van der Waals surface area (Å²) >= 11 is 0. The summed E-state index contributed by atoms with van der Waals surface area (Å²) < 4.78 is 5.69. The third kappa shape index (κ3) is 2.57. The Morgan fingerprint density at radius 1 is 1.57 bits per heavy atom. The highest BCUT2D eigenvalue weighted by Crippen LogP contribution is 2.39. The molecule has 3 rings (SSSR count). The number of likely N-dealkylation sites (N-methyl/N-ethyl adjacent to an activating group) is 1. The molecule has 1 aliphatic rings. The van der Waals surface area contributed by atoms with E-state index in [1.165, 1.54) is 6.20 Å². The first-order valence-corrected chi connectivity index (χ1v) is 6.79. The lowest BCUT2D eigenvalue weighted by Gasteiger charge is -2.31. The normalized spacial score (nSPS) is 17.3. The lowest BCUT2D eigenvalue weighted by atomic mass is 10.1. The van der Waals surface area contributed by atoms with Crippen LogP contribution in [0.1, 0.15) is 12.7 Å². The minimum absolute atomic E-state index is 0.116. The fourth-order valence-corrected chi connectivity index (χ4v) is 2.22. The number of nitrogens with zero attached hydrogens (tertiary/aromatic N) is 5. The van der Waals surface area contributed by atoms with E-state index in [-0.39, 0.29) is 17.3 Å². The van der Waals surface area contributed by atoms with Crippen molar-refractivity contribution in [3.63, 3.8) is 0 Å². The monoisotopic (exact) mass is 311 g/mol. The predicted molar refractivity (Wildman–Crippen MR) is 81.3 cm³/mol. The number of nitrogens with one attached hydrogen (secondary N) is 2. The van der Waals surface area contributed by atoms with Crippen LogP contribution in [0.3, 0.4) is 0 Å². The molecular weight excluding hydrogens is 298 g/mol. The molecule has 23 heavy (non-hydrogen) atoms. The fraction of sp³-hybridized carbons (Fsp3) is 0.214. The van der Waals surface area contributed by atoms with Gasteiger partial charge in [-0.3, -0.25) is 4.79 Å². The quantitative estimate of drug-likeness (QED) is 0.809. The molecule has 0 fully saturated rings. The number of hydrogen-bond acceptors (Lipinski definition) is 7. The van der Waals surface area contributed by atoms with Crippen molar-refractivity contribution >= 4 is 22.9 Å². The van der Waals surface area contributed by atoms with Crippen molar-refractivity contribution in [2.45, 2.75) is 13.0 Å². The van der Waals surface area contributed by atoms with Gasteiger partial charge in [0, 0.05) is 13.2 Å². The van der Waals surface area contributed by atoms with E-state index in [9.17, 15) is 4.79 Å². The van der Waals surface area contributed by atoms with E-state index in [4.69, 9.17) is 10.00 Å². The third-order valence-electron chi connectivity index (χ3n) is 3.41. The molecule has 1 aromatic carbocycles. The average molecular weight is 311 g/mol. The van der Waals surface area contributed by atoms with Gasteiger partial charge in [0.15, 0.2) is 11.9 Å². The maximum absolute atomic E-state index is 12.0. The van der Waals surface area contributed by atoms with E-state index in [0.29, 0.717) is 17.1 Å². The zero-order chi connectivity index (χ0) is 16.4. The number of carbonyl (C=O) groups excluding carboxylic acids is 1. The van der Waals surface area contributed by atoms with E-state index in [0.717, 1.165) is 0 Å². The van der Waals surface area contributed by atoms with Crippen LogP contribution in [-0.2, 0) is 4.79 Å². The largest absolute Gasteiger partial charge is 0.476 e. The number of hydrogen-bond donors (Lipinski definition) is 2. The first-order valence-electron chi connectivity index (χ1n) is 6.79. The van der Waals surface area contributed by atoms with Crippen LogP contribution in [0.2, 0.25) is 0 Å². The summed E-state index contributed by atoms with van der Waals surface area (Å²) in [6, 6.07) is 7.36. The lowest BCUT2D eigenvalue weighted by Crippen LogP contribution is -2.42. The highest BCUT2D eigenvalue weighted by molar-refractivity contribution is 6.00. The molecular formula is C14H13N7O2. The molecule has 1 unspecified atom stereocenters. The number of ether oxygens (including phenoxy) is 1. The summed E-state index contributed by atoms with van der Waals surface area (Å²) in [4.78, 5) is 13.5. The van der Waals surface area contributed by atoms with Crippen molar-refractivity contribution in [3.8, 4) is 11.8 Å². The maximum Gasteiger partial charge on any atom is 0.267 e. The number of para-hydroxylation sites is 1. The van der Waals surface area contributed by atoms with Gasteiger partial charge >= 0.3 is 0 Å². The Balaban J connectivity index is 1.94. The van der Waals surface area contributed by atoms with Crippen LogP contribution in [-0.4, -0.2) is 39.7 Å². The van der Waals surface area contributed by atoms with Crippen molar-refractivity contribution in [2.75, 3.05) is 17.3 Å². The first kappa shape index (κ1) is 14.5. The van der Waals surface area contributed by atoms with Crippen molar-refractivity contribution in [3.05, 3.63) is 30.2 Å². The maximum atomic E-state index is 12.0. The highest BCUT2D eigenvalue weighted by Gasteiger charge is 2.30. The van der Waals surface area contributed by atoms with E-state index in [1.54, 1.807) is 37.1 Å². The Labute approximate surface area is 131 Å². The number of aromatic nitrogens is 4. The highest BCUT2D eigenvalue weighted by atomic mass is 16.5. The number of fused-ring (bicyclic) bond motifs is 1. The van der Waals surface area contributed by atoms with Gasteiger partial charge in [-0.1, -0.05) is 6.07 Å². The van der Waals surface area contributed by atoms with Crippen LogP contribution in [0.5, 0.6) is 5.75 Å². The van der Waals surface area contributed by atoms with Gasteiger partial charge in [0.2, 0.25) is 5.82 Å².